The molecule has 1 aliphatic rings. The van der Waals surface area contributed by atoms with E-state index in [-0.39, 0.29) is 12.2 Å². The molecule has 1 aromatic carbocycles. The molecule has 0 bridgehead atoms. The van der Waals surface area contributed by atoms with Gasteiger partial charge in [0.05, 0.1) is 13.2 Å². The Labute approximate surface area is 170 Å². The number of hydrogen-bond acceptors (Lipinski definition) is 5. The molecule has 2 aromatic rings. The van der Waals surface area contributed by atoms with Crippen LogP contribution in [0.15, 0.2) is 29.1 Å². The van der Waals surface area contributed by atoms with Crippen LogP contribution in [-0.4, -0.2) is 27.2 Å². The molecule has 0 atom stereocenters. The molecule has 2 heterocycles. The van der Waals surface area contributed by atoms with Crippen molar-refractivity contribution in [2.75, 3.05) is 6.61 Å². The van der Waals surface area contributed by atoms with Crippen LogP contribution in [-0.2, 0) is 23.4 Å². The van der Waals surface area contributed by atoms with Crippen LogP contribution in [0.1, 0.15) is 67.0 Å². The molecule has 3 rings (SSSR count). The molecule has 0 spiro atoms. The number of carbonyl (C=O) groups excluding carboxylic acids is 1. The molecule has 2 N–H and O–H groups in total. The van der Waals surface area contributed by atoms with Crippen LogP contribution < -0.4 is 10.9 Å². The van der Waals surface area contributed by atoms with Gasteiger partial charge in [0.2, 0.25) is 5.75 Å². The van der Waals surface area contributed by atoms with Gasteiger partial charge < -0.3 is 15.2 Å². The molecule has 0 fully saturated rings. The van der Waals surface area contributed by atoms with Gasteiger partial charge in [-0.15, -0.1) is 0 Å². The van der Waals surface area contributed by atoms with E-state index >= 15 is 0 Å². The molecule has 156 valence electrons. The van der Waals surface area contributed by atoms with E-state index in [0.717, 1.165) is 24.0 Å². The third kappa shape index (κ3) is 4.19. The van der Waals surface area contributed by atoms with Crippen molar-refractivity contribution >= 4 is 5.91 Å². The number of rotatable bonds is 7. The van der Waals surface area contributed by atoms with E-state index in [0.29, 0.717) is 31.8 Å². The molecule has 0 saturated carbocycles. The Morgan fingerprint density at radius 3 is 2.52 bits per heavy atom. The second-order valence-corrected chi connectivity index (χ2v) is 7.60. The van der Waals surface area contributed by atoms with E-state index in [9.17, 15) is 14.7 Å². The number of hydrogen-bond donors (Lipinski definition) is 2. The Balaban J connectivity index is 1.95. The summed E-state index contributed by atoms with van der Waals surface area (Å²) in [5.74, 6) is -0.745. The highest BCUT2D eigenvalue weighted by Gasteiger charge is 2.40. The van der Waals surface area contributed by atoms with Gasteiger partial charge in [0.15, 0.2) is 5.69 Å². The topological polar surface area (TPSA) is 93.5 Å². The van der Waals surface area contributed by atoms with Gasteiger partial charge in [-0.3, -0.25) is 14.2 Å². The Bertz CT molecular complexity index is 928. The molecule has 1 aliphatic heterocycles. The van der Waals surface area contributed by atoms with Crippen LogP contribution in [0.4, 0.5) is 0 Å². The van der Waals surface area contributed by atoms with Gasteiger partial charge in [-0.2, -0.15) is 0 Å². The van der Waals surface area contributed by atoms with Crippen molar-refractivity contribution in [2.45, 2.75) is 65.1 Å². The molecule has 7 heteroatoms. The number of aromatic hydroxyl groups is 1. The summed E-state index contributed by atoms with van der Waals surface area (Å²) in [7, 11) is 0. The molecule has 1 amide bonds. The number of benzene rings is 1. The van der Waals surface area contributed by atoms with E-state index in [1.807, 2.05) is 45.0 Å². The van der Waals surface area contributed by atoms with Crippen molar-refractivity contribution in [1.29, 1.82) is 0 Å². The number of carbonyl (C=O) groups is 1. The zero-order valence-corrected chi connectivity index (χ0v) is 17.3. The van der Waals surface area contributed by atoms with Crippen LogP contribution in [0, 0.1) is 6.92 Å². The first-order valence-electron chi connectivity index (χ1n) is 10.2. The lowest BCUT2D eigenvalue weighted by atomic mass is 9.90. The number of amides is 1. The number of nitrogens with one attached hydrogen (secondary N) is 1. The Morgan fingerprint density at radius 1 is 1.24 bits per heavy atom. The minimum absolute atomic E-state index is 0.240. The first-order chi connectivity index (χ1) is 13.9. The maximum atomic E-state index is 12.8. The third-order valence-electron chi connectivity index (χ3n) is 5.34. The molecule has 29 heavy (non-hydrogen) atoms. The van der Waals surface area contributed by atoms with E-state index in [4.69, 9.17) is 4.74 Å². The largest absolute Gasteiger partial charge is 0.501 e. The predicted molar refractivity (Wildman–Crippen MR) is 110 cm³/mol. The monoisotopic (exact) mass is 399 g/mol. The lowest BCUT2D eigenvalue weighted by Crippen LogP contribution is -2.45. The molecule has 0 saturated heterocycles. The van der Waals surface area contributed by atoms with Crippen molar-refractivity contribution < 1.29 is 14.6 Å². The van der Waals surface area contributed by atoms with Crippen LogP contribution in [0.2, 0.25) is 0 Å². The number of aromatic nitrogens is 2. The minimum atomic E-state index is -0.708. The van der Waals surface area contributed by atoms with Gasteiger partial charge >= 0.3 is 0 Å². The maximum Gasteiger partial charge on any atom is 0.296 e. The SMILES string of the molecule is CCCC1(CCC)OCCn2c1nc(C(=O)NCc1ccc(C)cc1)c(O)c2=O. The number of nitrogens with zero attached hydrogens (tertiary/aromatic N) is 2. The lowest BCUT2D eigenvalue weighted by Gasteiger charge is -2.38. The number of aryl methyl sites for hydroxylation is 1. The second kappa shape index (κ2) is 8.78. The molecule has 7 nitrogen and oxygen atoms in total. The highest BCUT2D eigenvalue weighted by Crippen LogP contribution is 2.37. The Hall–Kier alpha value is -2.67. The predicted octanol–water partition coefficient (Wildman–Crippen LogP) is 3.01. The normalized spacial score (nSPS) is 15.0. The summed E-state index contributed by atoms with van der Waals surface area (Å²) < 4.78 is 7.57. The molecular formula is C22H29N3O4. The first-order valence-corrected chi connectivity index (χ1v) is 10.2. The van der Waals surface area contributed by atoms with E-state index in [1.54, 1.807) is 0 Å². The van der Waals surface area contributed by atoms with E-state index < -0.39 is 22.8 Å². The fourth-order valence-electron chi connectivity index (χ4n) is 3.93. The molecule has 0 radical (unpaired) electrons. The van der Waals surface area contributed by atoms with Crippen LogP contribution in [0.25, 0.3) is 0 Å². The van der Waals surface area contributed by atoms with Crippen LogP contribution in [0.3, 0.4) is 0 Å². The Kier molecular flexibility index (Phi) is 6.37. The summed E-state index contributed by atoms with van der Waals surface area (Å²) >= 11 is 0. The van der Waals surface area contributed by atoms with Gasteiger partial charge in [-0.25, -0.2) is 4.98 Å². The smallest absolute Gasteiger partial charge is 0.296 e. The van der Waals surface area contributed by atoms with Crippen LogP contribution >= 0.6 is 0 Å². The first kappa shape index (κ1) is 21.0. The van der Waals surface area contributed by atoms with Gasteiger partial charge in [-0.05, 0) is 25.3 Å². The van der Waals surface area contributed by atoms with Gasteiger partial charge in [0.1, 0.15) is 11.4 Å². The minimum Gasteiger partial charge on any atom is -0.501 e. The lowest BCUT2D eigenvalue weighted by molar-refractivity contribution is -0.0958. The number of fused-ring (bicyclic) bond motifs is 1. The fourth-order valence-corrected chi connectivity index (χ4v) is 3.93. The molecule has 0 aliphatic carbocycles. The summed E-state index contributed by atoms with van der Waals surface area (Å²) in [5, 5.41) is 13.1. The molecule has 1 aromatic heterocycles. The summed E-state index contributed by atoms with van der Waals surface area (Å²) in [6, 6.07) is 7.77. The van der Waals surface area contributed by atoms with Crippen molar-refractivity contribution in [2.24, 2.45) is 0 Å². The van der Waals surface area contributed by atoms with Crippen molar-refractivity contribution in [1.82, 2.24) is 14.9 Å². The van der Waals surface area contributed by atoms with Crippen LogP contribution in [0.5, 0.6) is 5.75 Å². The molecule has 0 unspecified atom stereocenters. The van der Waals surface area contributed by atoms with Gasteiger partial charge in [0.25, 0.3) is 11.5 Å². The average molecular weight is 399 g/mol. The van der Waals surface area contributed by atoms with Crippen molar-refractivity contribution in [3.63, 3.8) is 0 Å². The summed E-state index contributed by atoms with van der Waals surface area (Å²) in [6.45, 7) is 7.07. The standard InChI is InChI=1S/C22H29N3O4/c1-4-10-22(11-5-2)21-24-17(18(26)20(28)25(21)12-13-29-22)19(27)23-14-16-8-6-15(3)7-9-16/h6-9,26H,4-5,10-14H2,1-3H3,(H,23,27). The zero-order chi connectivity index (χ0) is 21.0. The Morgan fingerprint density at radius 2 is 1.90 bits per heavy atom. The quantitative estimate of drug-likeness (QED) is 0.746. The van der Waals surface area contributed by atoms with Gasteiger partial charge in [0, 0.05) is 6.54 Å². The summed E-state index contributed by atoms with van der Waals surface area (Å²) in [6.07, 6.45) is 3.10. The summed E-state index contributed by atoms with van der Waals surface area (Å²) in [4.78, 5) is 30.0. The number of ether oxygens (including phenoxy) is 1. The van der Waals surface area contributed by atoms with E-state index in [1.165, 1.54) is 4.57 Å². The van der Waals surface area contributed by atoms with E-state index in [2.05, 4.69) is 10.3 Å². The maximum absolute atomic E-state index is 12.8. The summed E-state index contributed by atoms with van der Waals surface area (Å²) in [5.41, 5.74) is 0.518. The second-order valence-electron chi connectivity index (χ2n) is 7.60. The van der Waals surface area contributed by atoms with Gasteiger partial charge in [-0.1, -0.05) is 56.5 Å². The highest BCUT2D eigenvalue weighted by molar-refractivity contribution is 5.94. The average Bonchev–Trinajstić information content (AvgIpc) is 2.71. The van der Waals surface area contributed by atoms with Crippen molar-refractivity contribution in [3.05, 3.63) is 57.3 Å². The highest BCUT2D eigenvalue weighted by atomic mass is 16.5. The van der Waals surface area contributed by atoms with Crippen molar-refractivity contribution in [3.8, 4) is 5.75 Å². The fraction of sp³-hybridized carbons (Fsp3) is 0.500. The molecular weight excluding hydrogens is 370 g/mol. The third-order valence-corrected chi connectivity index (χ3v) is 5.34. The zero-order valence-electron chi connectivity index (χ0n) is 17.3.